The van der Waals surface area contributed by atoms with Crippen LogP contribution in [-0.2, 0) is 6.54 Å². The lowest BCUT2D eigenvalue weighted by Gasteiger charge is -2.11. The standard InChI is InChI=1S/C15H18N2O2/c1-9-6-10(2)14(11(3)7-9)17-15(18)13-5-4-12(8-16)19-13/h4-7H,8,16H2,1-3H3,(H,17,18). The van der Waals surface area contributed by atoms with Crippen molar-refractivity contribution in [2.24, 2.45) is 5.73 Å². The highest BCUT2D eigenvalue weighted by molar-refractivity contribution is 6.03. The van der Waals surface area contributed by atoms with E-state index in [0.717, 1.165) is 16.8 Å². The molecule has 0 atom stereocenters. The molecule has 0 spiro atoms. The minimum Gasteiger partial charge on any atom is -0.455 e. The zero-order valence-electron chi connectivity index (χ0n) is 11.4. The van der Waals surface area contributed by atoms with Crippen molar-refractivity contribution in [2.45, 2.75) is 27.3 Å². The first-order valence-corrected chi connectivity index (χ1v) is 6.19. The summed E-state index contributed by atoms with van der Waals surface area (Å²) in [5, 5.41) is 2.89. The molecule has 2 aromatic rings. The quantitative estimate of drug-likeness (QED) is 0.889. The molecule has 0 radical (unpaired) electrons. The zero-order chi connectivity index (χ0) is 14.0. The minimum atomic E-state index is -0.255. The molecule has 19 heavy (non-hydrogen) atoms. The van der Waals surface area contributed by atoms with Gasteiger partial charge in [-0.05, 0) is 44.0 Å². The number of aryl methyl sites for hydroxylation is 3. The van der Waals surface area contributed by atoms with Crippen LogP contribution in [0.1, 0.15) is 33.0 Å². The Labute approximate surface area is 112 Å². The number of anilines is 1. The molecule has 4 heteroatoms. The van der Waals surface area contributed by atoms with E-state index in [9.17, 15) is 4.79 Å². The molecule has 1 heterocycles. The maximum atomic E-state index is 12.1. The SMILES string of the molecule is Cc1cc(C)c(NC(=O)c2ccc(CN)o2)c(C)c1. The summed E-state index contributed by atoms with van der Waals surface area (Å²) in [4.78, 5) is 12.1. The average molecular weight is 258 g/mol. The van der Waals surface area contributed by atoms with Gasteiger partial charge in [-0.25, -0.2) is 0 Å². The van der Waals surface area contributed by atoms with Crippen LogP contribution in [-0.4, -0.2) is 5.91 Å². The Morgan fingerprint density at radius 2 is 1.84 bits per heavy atom. The van der Waals surface area contributed by atoms with Gasteiger partial charge in [-0.1, -0.05) is 17.7 Å². The Morgan fingerprint density at radius 1 is 1.21 bits per heavy atom. The molecule has 0 aliphatic rings. The molecular weight excluding hydrogens is 240 g/mol. The summed E-state index contributed by atoms with van der Waals surface area (Å²) in [6.07, 6.45) is 0. The third kappa shape index (κ3) is 2.85. The Balaban J connectivity index is 2.24. The Bertz CT molecular complexity index is 591. The summed E-state index contributed by atoms with van der Waals surface area (Å²) in [6, 6.07) is 7.42. The van der Waals surface area contributed by atoms with Crippen LogP contribution >= 0.6 is 0 Å². The van der Waals surface area contributed by atoms with E-state index in [1.165, 1.54) is 5.56 Å². The van der Waals surface area contributed by atoms with Crippen molar-refractivity contribution in [1.82, 2.24) is 0 Å². The molecule has 2 rings (SSSR count). The van der Waals surface area contributed by atoms with Gasteiger partial charge < -0.3 is 15.5 Å². The van der Waals surface area contributed by atoms with Gasteiger partial charge in [0.15, 0.2) is 5.76 Å². The predicted octanol–water partition coefficient (Wildman–Crippen LogP) is 2.92. The highest BCUT2D eigenvalue weighted by atomic mass is 16.4. The predicted molar refractivity (Wildman–Crippen MR) is 75.2 cm³/mol. The van der Waals surface area contributed by atoms with Gasteiger partial charge in [-0.2, -0.15) is 0 Å². The number of nitrogens with two attached hydrogens (primary N) is 1. The molecule has 100 valence electrons. The maximum absolute atomic E-state index is 12.1. The van der Waals surface area contributed by atoms with E-state index in [1.54, 1.807) is 12.1 Å². The molecule has 0 bridgehead atoms. The second kappa shape index (κ2) is 5.28. The first-order chi connectivity index (χ1) is 9.01. The first-order valence-electron chi connectivity index (χ1n) is 6.19. The van der Waals surface area contributed by atoms with Crippen LogP contribution in [0.2, 0.25) is 0 Å². The first kappa shape index (κ1) is 13.4. The molecular formula is C15H18N2O2. The van der Waals surface area contributed by atoms with E-state index in [-0.39, 0.29) is 18.2 Å². The second-order valence-electron chi connectivity index (χ2n) is 4.70. The van der Waals surface area contributed by atoms with Crippen molar-refractivity contribution in [3.63, 3.8) is 0 Å². The number of rotatable bonds is 3. The average Bonchev–Trinajstić information content (AvgIpc) is 2.82. The summed E-state index contributed by atoms with van der Waals surface area (Å²) in [6.45, 7) is 6.27. The lowest BCUT2D eigenvalue weighted by molar-refractivity contribution is 0.0995. The lowest BCUT2D eigenvalue weighted by atomic mass is 10.1. The van der Waals surface area contributed by atoms with E-state index >= 15 is 0 Å². The monoisotopic (exact) mass is 258 g/mol. The molecule has 0 saturated heterocycles. The van der Waals surface area contributed by atoms with Crippen molar-refractivity contribution in [2.75, 3.05) is 5.32 Å². The second-order valence-corrected chi connectivity index (χ2v) is 4.70. The van der Waals surface area contributed by atoms with Gasteiger partial charge in [0.25, 0.3) is 5.91 Å². The van der Waals surface area contributed by atoms with Crippen LogP contribution < -0.4 is 11.1 Å². The van der Waals surface area contributed by atoms with E-state index in [0.29, 0.717) is 5.76 Å². The van der Waals surface area contributed by atoms with Crippen molar-refractivity contribution in [3.8, 4) is 0 Å². The molecule has 0 aliphatic carbocycles. The van der Waals surface area contributed by atoms with Crippen molar-refractivity contribution < 1.29 is 9.21 Å². The highest BCUT2D eigenvalue weighted by Crippen LogP contribution is 2.22. The van der Waals surface area contributed by atoms with Crippen LogP contribution in [0.3, 0.4) is 0 Å². The van der Waals surface area contributed by atoms with E-state index < -0.39 is 0 Å². The van der Waals surface area contributed by atoms with Crippen LogP contribution in [0.4, 0.5) is 5.69 Å². The minimum absolute atomic E-state index is 0.255. The van der Waals surface area contributed by atoms with Crippen molar-refractivity contribution in [1.29, 1.82) is 0 Å². The van der Waals surface area contributed by atoms with E-state index in [1.807, 2.05) is 32.9 Å². The zero-order valence-corrected chi connectivity index (χ0v) is 11.4. The molecule has 0 unspecified atom stereocenters. The van der Waals surface area contributed by atoms with Crippen molar-refractivity contribution >= 4 is 11.6 Å². The topological polar surface area (TPSA) is 68.3 Å². The van der Waals surface area contributed by atoms with Gasteiger partial charge in [0.2, 0.25) is 0 Å². The number of carbonyl (C=O) groups excluding carboxylic acids is 1. The van der Waals surface area contributed by atoms with E-state index in [2.05, 4.69) is 5.32 Å². The van der Waals surface area contributed by atoms with Gasteiger partial charge in [-0.3, -0.25) is 4.79 Å². The van der Waals surface area contributed by atoms with Gasteiger partial charge in [0.1, 0.15) is 5.76 Å². The summed E-state index contributed by atoms with van der Waals surface area (Å²) < 4.78 is 5.33. The Morgan fingerprint density at radius 3 is 2.37 bits per heavy atom. The van der Waals surface area contributed by atoms with Crippen LogP contribution in [0.5, 0.6) is 0 Å². The summed E-state index contributed by atoms with van der Waals surface area (Å²) in [7, 11) is 0. The molecule has 1 amide bonds. The largest absolute Gasteiger partial charge is 0.455 e. The Kier molecular flexibility index (Phi) is 3.71. The van der Waals surface area contributed by atoms with Gasteiger partial charge >= 0.3 is 0 Å². The molecule has 1 aromatic carbocycles. The van der Waals surface area contributed by atoms with Gasteiger partial charge in [-0.15, -0.1) is 0 Å². The summed E-state index contributed by atoms with van der Waals surface area (Å²) in [5.41, 5.74) is 9.54. The smallest absolute Gasteiger partial charge is 0.291 e. The van der Waals surface area contributed by atoms with E-state index in [4.69, 9.17) is 10.2 Å². The molecule has 4 nitrogen and oxygen atoms in total. The molecule has 0 saturated carbocycles. The van der Waals surface area contributed by atoms with Gasteiger partial charge in [0, 0.05) is 5.69 Å². The maximum Gasteiger partial charge on any atom is 0.291 e. The fourth-order valence-corrected chi connectivity index (χ4v) is 2.16. The van der Waals surface area contributed by atoms with Crippen molar-refractivity contribution in [3.05, 3.63) is 52.5 Å². The van der Waals surface area contributed by atoms with Crippen LogP contribution in [0.15, 0.2) is 28.7 Å². The molecule has 3 N–H and O–H groups in total. The number of carbonyl (C=O) groups is 1. The number of benzene rings is 1. The number of hydrogen-bond acceptors (Lipinski definition) is 3. The molecule has 0 aliphatic heterocycles. The van der Waals surface area contributed by atoms with Gasteiger partial charge in [0.05, 0.1) is 6.54 Å². The van der Waals surface area contributed by atoms with Crippen LogP contribution in [0.25, 0.3) is 0 Å². The number of nitrogens with one attached hydrogen (secondary N) is 1. The number of hydrogen-bond donors (Lipinski definition) is 2. The summed E-state index contributed by atoms with van der Waals surface area (Å²) >= 11 is 0. The normalized spacial score (nSPS) is 10.5. The highest BCUT2D eigenvalue weighted by Gasteiger charge is 2.13. The Hall–Kier alpha value is -2.07. The molecule has 0 fully saturated rings. The third-order valence-electron chi connectivity index (χ3n) is 3.00. The fourth-order valence-electron chi connectivity index (χ4n) is 2.16. The number of amides is 1. The molecule has 1 aromatic heterocycles. The third-order valence-corrected chi connectivity index (χ3v) is 3.00. The summed E-state index contributed by atoms with van der Waals surface area (Å²) in [5.74, 6) is 0.622. The lowest BCUT2D eigenvalue weighted by Crippen LogP contribution is -2.13. The van der Waals surface area contributed by atoms with Crippen LogP contribution in [0, 0.1) is 20.8 Å². The fraction of sp³-hybridized carbons (Fsp3) is 0.267. The number of furan rings is 1.